The van der Waals surface area contributed by atoms with E-state index in [1.54, 1.807) is 36.4 Å². The minimum absolute atomic E-state index is 0.285. The summed E-state index contributed by atoms with van der Waals surface area (Å²) in [4.78, 5) is 24.0. The van der Waals surface area contributed by atoms with Gasteiger partial charge in [-0.3, -0.25) is 14.8 Å². The first-order valence-corrected chi connectivity index (χ1v) is 8.15. The SMILES string of the molecule is CC(C)(O)C(NC(=O)c1ccc(C#Cc2ccc(N)cc2)cc1)C(=O)NO. The molecular formula is C20H21N3O4. The molecule has 6 N–H and O–H groups in total. The van der Waals surface area contributed by atoms with Gasteiger partial charge in [0.15, 0.2) is 0 Å². The molecule has 27 heavy (non-hydrogen) atoms. The van der Waals surface area contributed by atoms with Crippen LogP contribution in [-0.2, 0) is 4.79 Å². The van der Waals surface area contributed by atoms with Crippen molar-refractivity contribution >= 4 is 17.5 Å². The third kappa shape index (κ3) is 5.57. The molecule has 2 rings (SSSR count). The number of rotatable bonds is 4. The average Bonchev–Trinajstić information content (AvgIpc) is 2.64. The monoisotopic (exact) mass is 367 g/mol. The number of aliphatic hydroxyl groups is 1. The van der Waals surface area contributed by atoms with Crippen molar-refractivity contribution < 1.29 is 19.9 Å². The lowest BCUT2D eigenvalue weighted by atomic mass is 9.97. The first-order chi connectivity index (χ1) is 12.7. The zero-order valence-corrected chi connectivity index (χ0v) is 15.0. The van der Waals surface area contributed by atoms with Gasteiger partial charge in [-0.25, -0.2) is 5.48 Å². The van der Waals surface area contributed by atoms with Crippen LogP contribution in [0.5, 0.6) is 0 Å². The summed E-state index contributed by atoms with van der Waals surface area (Å²) >= 11 is 0. The number of hydrogen-bond acceptors (Lipinski definition) is 5. The van der Waals surface area contributed by atoms with E-state index in [1.165, 1.54) is 19.3 Å². The van der Waals surface area contributed by atoms with Gasteiger partial charge in [0.25, 0.3) is 11.8 Å². The second-order valence-corrected chi connectivity index (χ2v) is 6.49. The molecule has 0 saturated carbocycles. The number of nitrogen functional groups attached to an aromatic ring is 1. The van der Waals surface area contributed by atoms with Crippen molar-refractivity contribution in [2.24, 2.45) is 0 Å². The van der Waals surface area contributed by atoms with Crippen molar-refractivity contribution in [3.63, 3.8) is 0 Å². The Morgan fingerprint density at radius 1 is 1.00 bits per heavy atom. The van der Waals surface area contributed by atoms with Gasteiger partial charge in [-0.1, -0.05) is 11.8 Å². The molecular weight excluding hydrogens is 346 g/mol. The van der Waals surface area contributed by atoms with Crippen LogP contribution in [0.1, 0.15) is 35.3 Å². The molecule has 0 saturated heterocycles. The molecule has 2 aromatic rings. The zero-order valence-electron chi connectivity index (χ0n) is 15.0. The fraction of sp³-hybridized carbons (Fsp3) is 0.200. The Kier molecular flexibility index (Phi) is 6.19. The minimum Gasteiger partial charge on any atom is -0.399 e. The van der Waals surface area contributed by atoms with Gasteiger partial charge in [0.05, 0.1) is 5.60 Å². The van der Waals surface area contributed by atoms with Crippen molar-refractivity contribution in [2.75, 3.05) is 5.73 Å². The molecule has 1 atom stereocenters. The molecule has 2 amide bonds. The molecule has 7 heteroatoms. The van der Waals surface area contributed by atoms with Gasteiger partial charge < -0.3 is 16.2 Å². The maximum absolute atomic E-state index is 12.3. The highest BCUT2D eigenvalue weighted by atomic mass is 16.5. The highest BCUT2D eigenvalue weighted by molar-refractivity contribution is 5.97. The van der Waals surface area contributed by atoms with Gasteiger partial charge in [-0.05, 0) is 62.4 Å². The summed E-state index contributed by atoms with van der Waals surface area (Å²) in [7, 11) is 0. The van der Waals surface area contributed by atoms with Crippen LogP contribution in [0.3, 0.4) is 0 Å². The number of nitrogens with one attached hydrogen (secondary N) is 2. The molecule has 0 bridgehead atoms. The first kappa shape index (κ1) is 20.0. The van der Waals surface area contributed by atoms with Crippen molar-refractivity contribution in [1.82, 2.24) is 10.8 Å². The van der Waals surface area contributed by atoms with E-state index in [4.69, 9.17) is 10.9 Å². The van der Waals surface area contributed by atoms with Crippen molar-refractivity contribution in [3.05, 3.63) is 65.2 Å². The number of carbonyl (C=O) groups excluding carboxylic acids is 2. The molecule has 0 fully saturated rings. The van der Waals surface area contributed by atoms with Crippen molar-refractivity contribution in [3.8, 4) is 11.8 Å². The van der Waals surface area contributed by atoms with E-state index in [0.29, 0.717) is 11.3 Å². The van der Waals surface area contributed by atoms with Gasteiger partial charge >= 0.3 is 0 Å². The number of carbonyl (C=O) groups is 2. The summed E-state index contributed by atoms with van der Waals surface area (Å²) in [5.41, 5.74) is 7.96. The van der Waals surface area contributed by atoms with Gasteiger partial charge in [0, 0.05) is 22.4 Å². The number of amides is 2. The van der Waals surface area contributed by atoms with Crippen LogP contribution in [0.15, 0.2) is 48.5 Å². The molecule has 0 aliphatic heterocycles. The molecule has 0 heterocycles. The summed E-state index contributed by atoms with van der Waals surface area (Å²) in [6.45, 7) is 2.70. The Bertz CT molecular complexity index is 873. The number of nitrogens with two attached hydrogens (primary N) is 1. The van der Waals surface area contributed by atoms with Gasteiger partial charge in [0.1, 0.15) is 6.04 Å². The minimum atomic E-state index is -1.56. The third-order valence-electron chi connectivity index (χ3n) is 3.76. The van der Waals surface area contributed by atoms with Crippen LogP contribution in [0.25, 0.3) is 0 Å². The van der Waals surface area contributed by atoms with E-state index < -0.39 is 23.5 Å². The number of hydroxylamine groups is 1. The molecule has 0 spiro atoms. The average molecular weight is 367 g/mol. The Balaban J connectivity index is 2.11. The van der Waals surface area contributed by atoms with Gasteiger partial charge in [-0.15, -0.1) is 0 Å². The second-order valence-electron chi connectivity index (χ2n) is 6.49. The highest BCUT2D eigenvalue weighted by Crippen LogP contribution is 2.11. The number of hydrogen-bond donors (Lipinski definition) is 5. The van der Waals surface area contributed by atoms with E-state index in [1.807, 2.05) is 12.1 Å². The highest BCUT2D eigenvalue weighted by Gasteiger charge is 2.34. The van der Waals surface area contributed by atoms with Crippen LogP contribution in [0.4, 0.5) is 5.69 Å². The van der Waals surface area contributed by atoms with Crippen molar-refractivity contribution in [2.45, 2.75) is 25.5 Å². The zero-order chi connectivity index (χ0) is 20.0. The molecule has 0 aliphatic rings. The Labute approximate surface area is 157 Å². The summed E-state index contributed by atoms with van der Waals surface area (Å²) in [6.07, 6.45) is 0. The molecule has 1 unspecified atom stereocenters. The maximum Gasteiger partial charge on any atom is 0.268 e. The van der Waals surface area contributed by atoms with Crippen LogP contribution < -0.4 is 16.5 Å². The third-order valence-corrected chi connectivity index (χ3v) is 3.76. The smallest absolute Gasteiger partial charge is 0.268 e. The summed E-state index contributed by atoms with van der Waals surface area (Å²) in [5.74, 6) is 4.49. The number of anilines is 1. The Morgan fingerprint density at radius 3 is 1.93 bits per heavy atom. The van der Waals surface area contributed by atoms with Crippen molar-refractivity contribution in [1.29, 1.82) is 0 Å². The quantitative estimate of drug-likeness (QED) is 0.239. The molecule has 0 aliphatic carbocycles. The van der Waals surface area contributed by atoms with E-state index in [2.05, 4.69) is 17.2 Å². The molecule has 2 aromatic carbocycles. The largest absolute Gasteiger partial charge is 0.399 e. The van der Waals surface area contributed by atoms with Crippen LogP contribution in [0.2, 0.25) is 0 Å². The predicted octanol–water partition coefficient (Wildman–Crippen LogP) is 1.04. The molecule has 0 aromatic heterocycles. The Morgan fingerprint density at radius 2 is 1.48 bits per heavy atom. The van der Waals surface area contributed by atoms with E-state index in [-0.39, 0.29) is 5.56 Å². The molecule has 7 nitrogen and oxygen atoms in total. The lowest BCUT2D eigenvalue weighted by Gasteiger charge is -2.28. The fourth-order valence-electron chi connectivity index (χ4n) is 2.26. The van der Waals surface area contributed by atoms with Crippen LogP contribution in [0, 0.1) is 11.8 Å². The lowest BCUT2D eigenvalue weighted by Crippen LogP contribution is -2.57. The summed E-state index contributed by atoms with van der Waals surface area (Å²) < 4.78 is 0. The summed E-state index contributed by atoms with van der Waals surface area (Å²) in [6, 6.07) is 12.3. The van der Waals surface area contributed by atoms with Gasteiger partial charge in [0.2, 0.25) is 0 Å². The normalized spacial score (nSPS) is 11.7. The van der Waals surface area contributed by atoms with E-state index in [0.717, 1.165) is 5.56 Å². The predicted molar refractivity (Wildman–Crippen MR) is 101 cm³/mol. The lowest BCUT2D eigenvalue weighted by molar-refractivity contribution is -0.136. The van der Waals surface area contributed by atoms with Crippen LogP contribution in [-0.4, -0.2) is 33.8 Å². The maximum atomic E-state index is 12.3. The fourth-order valence-corrected chi connectivity index (χ4v) is 2.26. The summed E-state index contributed by atoms with van der Waals surface area (Å²) in [5, 5.41) is 21.2. The first-order valence-electron chi connectivity index (χ1n) is 8.15. The number of benzene rings is 2. The second kappa shape index (κ2) is 8.36. The standard InChI is InChI=1S/C20H21N3O4/c1-20(2,26)17(19(25)23-27)22-18(24)15-9-5-13(6-10-15)3-4-14-7-11-16(21)12-8-14/h5-12,17,26-27H,21H2,1-2H3,(H,22,24)(H,23,25). The topological polar surface area (TPSA) is 125 Å². The molecule has 140 valence electrons. The Hall–Kier alpha value is -3.34. The van der Waals surface area contributed by atoms with E-state index in [9.17, 15) is 14.7 Å². The molecule has 0 radical (unpaired) electrons. The van der Waals surface area contributed by atoms with Gasteiger partial charge in [-0.2, -0.15) is 0 Å². The van der Waals surface area contributed by atoms with E-state index >= 15 is 0 Å². The van der Waals surface area contributed by atoms with Crippen LogP contribution >= 0.6 is 0 Å².